The molecule has 0 saturated heterocycles. The zero-order valence-electron chi connectivity index (χ0n) is 10.9. The van der Waals surface area contributed by atoms with Crippen molar-refractivity contribution in [2.45, 2.75) is 38.7 Å². The van der Waals surface area contributed by atoms with E-state index in [2.05, 4.69) is 6.07 Å². The number of aliphatic hydroxyl groups is 1. The predicted octanol–water partition coefficient (Wildman–Crippen LogP) is 4.67. The third-order valence-electron chi connectivity index (χ3n) is 3.80. The van der Waals surface area contributed by atoms with Crippen LogP contribution in [0.25, 0.3) is 0 Å². The van der Waals surface area contributed by atoms with Gasteiger partial charge in [-0.25, -0.2) is 0 Å². The largest absolute Gasteiger partial charge is 0.383 e. The van der Waals surface area contributed by atoms with Crippen LogP contribution >= 0.6 is 22.9 Å². The minimum atomic E-state index is -0.548. The highest BCUT2D eigenvalue weighted by Crippen LogP contribution is 2.36. The molecule has 3 rings (SSSR count). The molecule has 1 aliphatic rings. The molecule has 100 valence electrons. The van der Waals surface area contributed by atoms with Crippen LogP contribution in [0.3, 0.4) is 0 Å². The van der Waals surface area contributed by atoms with Crippen LogP contribution in [-0.2, 0) is 12.8 Å². The summed E-state index contributed by atoms with van der Waals surface area (Å²) in [5.41, 5.74) is 3.36. The van der Waals surface area contributed by atoms with Crippen LogP contribution in [0.15, 0.2) is 24.3 Å². The molecule has 1 atom stereocenters. The molecule has 19 heavy (non-hydrogen) atoms. The van der Waals surface area contributed by atoms with Gasteiger partial charge in [0.15, 0.2) is 0 Å². The van der Waals surface area contributed by atoms with E-state index in [4.69, 9.17) is 11.6 Å². The Morgan fingerprint density at radius 3 is 2.74 bits per heavy atom. The van der Waals surface area contributed by atoms with Crippen molar-refractivity contribution in [1.82, 2.24) is 0 Å². The number of thiophene rings is 1. The van der Waals surface area contributed by atoms with E-state index < -0.39 is 6.10 Å². The Hall–Kier alpha value is -0.830. The lowest BCUT2D eigenvalue weighted by molar-refractivity contribution is 0.224. The van der Waals surface area contributed by atoms with Crippen molar-refractivity contribution in [1.29, 1.82) is 0 Å². The van der Waals surface area contributed by atoms with E-state index in [0.29, 0.717) is 0 Å². The van der Waals surface area contributed by atoms with E-state index in [1.807, 2.05) is 25.1 Å². The molecular formula is C16H17ClOS. The van der Waals surface area contributed by atoms with Crippen molar-refractivity contribution in [2.24, 2.45) is 0 Å². The lowest BCUT2D eigenvalue weighted by atomic mass is 9.98. The van der Waals surface area contributed by atoms with Crippen LogP contribution in [0, 0.1) is 6.92 Å². The van der Waals surface area contributed by atoms with Crippen molar-refractivity contribution in [2.75, 3.05) is 0 Å². The van der Waals surface area contributed by atoms with Gasteiger partial charge in [-0.3, -0.25) is 0 Å². The smallest absolute Gasteiger partial charge is 0.113 e. The predicted molar refractivity (Wildman–Crippen MR) is 81.2 cm³/mol. The number of aliphatic hydroxyl groups excluding tert-OH is 1. The second-order valence-corrected chi connectivity index (χ2v) is 6.79. The number of aryl methyl sites for hydroxylation is 3. The molecule has 0 bridgehead atoms. The molecule has 1 aromatic heterocycles. The Labute approximate surface area is 122 Å². The van der Waals surface area contributed by atoms with Gasteiger partial charge < -0.3 is 5.11 Å². The molecule has 0 radical (unpaired) electrons. The first-order valence-corrected chi connectivity index (χ1v) is 7.90. The van der Waals surface area contributed by atoms with Crippen molar-refractivity contribution in [3.63, 3.8) is 0 Å². The van der Waals surface area contributed by atoms with Gasteiger partial charge in [0.05, 0.1) is 0 Å². The number of hydrogen-bond acceptors (Lipinski definition) is 2. The summed E-state index contributed by atoms with van der Waals surface area (Å²) in [6.07, 6.45) is 4.33. The first-order chi connectivity index (χ1) is 9.15. The summed E-state index contributed by atoms with van der Waals surface area (Å²) < 4.78 is 0. The summed E-state index contributed by atoms with van der Waals surface area (Å²) in [6, 6.07) is 7.98. The zero-order valence-corrected chi connectivity index (χ0v) is 12.5. The fourth-order valence-electron chi connectivity index (χ4n) is 2.59. The minimum Gasteiger partial charge on any atom is -0.383 e. The molecule has 0 spiro atoms. The third kappa shape index (κ3) is 2.58. The van der Waals surface area contributed by atoms with Gasteiger partial charge in [0.1, 0.15) is 6.10 Å². The first kappa shape index (κ1) is 13.2. The van der Waals surface area contributed by atoms with Gasteiger partial charge in [-0.2, -0.15) is 0 Å². The number of fused-ring (bicyclic) bond motifs is 1. The van der Waals surface area contributed by atoms with E-state index >= 15 is 0 Å². The van der Waals surface area contributed by atoms with E-state index in [9.17, 15) is 5.11 Å². The maximum Gasteiger partial charge on any atom is 0.113 e. The van der Waals surface area contributed by atoms with Crippen molar-refractivity contribution < 1.29 is 5.11 Å². The monoisotopic (exact) mass is 292 g/mol. The average molecular weight is 293 g/mol. The first-order valence-electron chi connectivity index (χ1n) is 6.71. The van der Waals surface area contributed by atoms with E-state index in [1.165, 1.54) is 29.7 Å². The van der Waals surface area contributed by atoms with Gasteiger partial charge in [-0.05, 0) is 61.4 Å². The quantitative estimate of drug-likeness (QED) is 0.853. The highest BCUT2D eigenvalue weighted by molar-refractivity contribution is 7.12. The van der Waals surface area contributed by atoms with Gasteiger partial charge in [-0.15, -0.1) is 11.3 Å². The molecule has 1 unspecified atom stereocenters. The lowest BCUT2D eigenvalue weighted by Gasteiger charge is -2.10. The average Bonchev–Trinajstić information content (AvgIpc) is 2.85. The molecule has 1 aliphatic carbocycles. The van der Waals surface area contributed by atoms with Crippen molar-refractivity contribution in [3.8, 4) is 0 Å². The third-order valence-corrected chi connectivity index (χ3v) is 5.49. The highest BCUT2D eigenvalue weighted by atomic mass is 35.5. The summed E-state index contributed by atoms with van der Waals surface area (Å²) in [4.78, 5) is 2.50. The highest BCUT2D eigenvalue weighted by Gasteiger charge is 2.19. The van der Waals surface area contributed by atoms with Crippen LogP contribution in [0.5, 0.6) is 0 Å². The maximum atomic E-state index is 10.5. The summed E-state index contributed by atoms with van der Waals surface area (Å²) in [5.74, 6) is 0. The maximum absolute atomic E-state index is 10.5. The molecule has 3 heteroatoms. The molecule has 2 aromatic rings. The molecule has 1 nitrogen and oxygen atoms in total. The van der Waals surface area contributed by atoms with E-state index in [1.54, 1.807) is 11.3 Å². The van der Waals surface area contributed by atoms with Crippen LogP contribution in [0.4, 0.5) is 0 Å². The number of rotatable bonds is 2. The summed E-state index contributed by atoms with van der Waals surface area (Å²) in [6.45, 7) is 1.97. The second-order valence-electron chi connectivity index (χ2n) is 5.22. The zero-order chi connectivity index (χ0) is 13.4. The number of benzene rings is 1. The Kier molecular flexibility index (Phi) is 3.66. The van der Waals surface area contributed by atoms with Gasteiger partial charge in [0, 0.05) is 14.8 Å². The molecule has 0 amide bonds. The lowest BCUT2D eigenvalue weighted by Crippen LogP contribution is -1.97. The summed E-state index contributed by atoms with van der Waals surface area (Å²) in [7, 11) is 0. The number of halogens is 1. The fourth-order valence-corrected chi connectivity index (χ4v) is 4.05. The Balaban J connectivity index is 1.92. The molecular weight excluding hydrogens is 276 g/mol. The molecule has 0 fully saturated rings. The van der Waals surface area contributed by atoms with Crippen LogP contribution in [0.1, 0.15) is 45.4 Å². The van der Waals surface area contributed by atoms with Crippen molar-refractivity contribution >= 4 is 22.9 Å². The van der Waals surface area contributed by atoms with E-state index in [0.717, 1.165) is 27.4 Å². The fraction of sp³-hybridized carbons (Fsp3) is 0.375. The normalized spacial score (nSPS) is 16.2. The second kappa shape index (κ2) is 5.28. The SMILES string of the molecule is Cc1ccc(C(O)c2cc3c(s2)CCCC3)cc1Cl. The standard InChI is InChI=1S/C16H17ClOS/c1-10-6-7-12(8-13(10)17)16(18)15-9-11-4-2-3-5-14(11)19-15/h6-9,16,18H,2-5H2,1H3. The van der Waals surface area contributed by atoms with Crippen molar-refractivity contribution in [3.05, 3.63) is 55.7 Å². The molecule has 1 aromatic carbocycles. The van der Waals surface area contributed by atoms with Gasteiger partial charge in [0.25, 0.3) is 0 Å². The van der Waals surface area contributed by atoms with Crippen LogP contribution in [-0.4, -0.2) is 5.11 Å². The van der Waals surface area contributed by atoms with E-state index in [-0.39, 0.29) is 0 Å². The van der Waals surface area contributed by atoms with Gasteiger partial charge in [0.2, 0.25) is 0 Å². The number of hydrogen-bond donors (Lipinski definition) is 1. The van der Waals surface area contributed by atoms with Gasteiger partial charge in [-0.1, -0.05) is 23.7 Å². The Morgan fingerprint density at radius 2 is 2.00 bits per heavy atom. The van der Waals surface area contributed by atoms with Gasteiger partial charge >= 0.3 is 0 Å². The Bertz CT molecular complexity index is 579. The molecule has 1 heterocycles. The van der Waals surface area contributed by atoms with Crippen LogP contribution < -0.4 is 0 Å². The molecule has 1 N–H and O–H groups in total. The topological polar surface area (TPSA) is 20.2 Å². The summed E-state index contributed by atoms with van der Waals surface area (Å²) in [5, 5.41) is 11.2. The molecule has 0 aliphatic heterocycles. The summed E-state index contributed by atoms with van der Waals surface area (Å²) >= 11 is 7.89. The van der Waals surface area contributed by atoms with Crippen LogP contribution in [0.2, 0.25) is 5.02 Å². The Morgan fingerprint density at radius 1 is 1.21 bits per heavy atom. The minimum absolute atomic E-state index is 0.548. The molecule has 0 saturated carbocycles.